The van der Waals surface area contributed by atoms with Gasteiger partial charge >= 0.3 is 11.9 Å². The minimum absolute atomic E-state index is 0.141. The number of carbonyl (C=O) groups excluding carboxylic acids is 2. The largest absolute Gasteiger partial charge is 0.481 e. The normalized spacial score (nSPS) is 15.8. The SMILES string of the molecule is CCCCCCC[C@@H](OC(=O)C[C@@H](O[Si](C)(C)C(C)(C)C)[C@H](Cc1ccccc1)N(C)C(=O)[C@@H](O)C(C)C)[C@H](C)C(=O)O. The van der Waals surface area contributed by atoms with Gasteiger partial charge in [-0.3, -0.25) is 14.4 Å². The first-order valence-electron chi connectivity index (χ1n) is 16.0. The van der Waals surface area contributed by atoms with Gasteiger partial charge in [-0.15, -0.1) is 0 Å². The zero-order chi connectivity index (χ0) is 33.0. The summed E-state index contributed by atoms with van der Waals surface area (Å²) in [6.07, 6.45) is 3.08. The minimum atomic E-state index is -2.46. The Labute approximate surface area is 261 Å². The summed E-state index contributed by atoms with van der Waals surface area (Å²) in [4.78, 5) is 40.5. The maximum Gasteiger partial charge on any atom is 0.309 e. The van der Waals surface area contributed by atoms with E-state index in [1.54, 1.807) is 27.8 Å². The molecule has 0 aromatic heterocycles. The molecule has 9 heteroatoms. The number of carbonyl (C=O) groups is 3. The van der Waals surface area contributed by atoms with Crippen molar-refractivity contribution in [1.29, 1.82) is 0 Å². The molecular weight excluding hydrogens is 562 g/mol. The first kappa shape index (κ1) is 38.8. The van der Waals surface area contributed by atoms with Crippen molar-refractivity contribution in [2.24, 2.45) is 11.8 Å². The molecule has 5 atom stereocenters. The van der Waals surface area contributed by atoms with Crippen molar-refractivity contribution in [2.45, 2.75) is 142 Å². The summed E-state index contributed by atoms with van der Waals surface area (Å²) in [6, 6.07) is 9.13. The Kier molecular flexibility index (Phi) is 16.2. The minimum Gasteiger partial charge on any atom is -0.481 e. The summed E-state index contributed by atoms with van der Waals surface area (Å²) < 4.78 is 12.8. The molecule has 0 aliphatic carbocycles. The molecule has 43 heavy (non-hydrogen) atoms. The Morgan fingerprint density at radius 3 is 2.05 bits per heavy atom. The van der Waals surface area contributed by atoms with Crippen LogP contribution in [0, 0.1) is 11.8 Å². The van der Waals surface area contributed by atoms with Gasteiger partial charge in [0.1, 0.15) is 12.2 Å². The van der Waals surface area contributed by atoms with Crippen LogP contribution >= 0.6 is 0 Å². The zero-order valence-corrected chi connectivity index (χ0v) is 29.4. The average molecular weight is 622 g/mol. The van der Waals surface area contributed by atoms with E-state index in [0.717, 1.165) is 37.7 Å². The molecule has 1 aromatic rings. The molecule has 0 radical (unpaired) electrons. The molecule has 0 saturated carbocycles. The van der Waals surface area contributed by atoms with Gasteiger partial charge in [0.05, 0.1) is 24.5 Å². The van der Waals surface area contributed by atoms with E-state index in [4.69, 9.17) is 9.16 Å². The number of rotatable bonds is 19. The fourth-order valence-corrected chi connectivity index (χ4v) is 6.09. The van der Waals surface area contributed by atoms with Gasteiger partial charge in [0, 0.05) is 7.05 Å². The van der Waals surface area contributed by atoms with E-state index >= 15 is 0 Å². The van der Waals surface area contributed by atoms with Gasteiger partial charge in [-0.05, 0) is 55.8 Å². The number of aliphatic hydroxyl groups is 1. The molecule has 2 N–H and O–H groups in total. The number of unbranched alkanes of at least 4 members (excludes halogenated alkanes) is 4. The van der Waals surface area contributed by atoms with E-state index in [2.05, 4.69) is 40.8 Å². The van der Waals surface area contributed by atoms with Crippen molar-refractivity contribution in [3.05, 3.63) is 35.9 Å². The third kappa shape index (κ3) is 12.7. The lowest BCUT2D eigenvalue weighted by Gasteiger charge is -2.43. The first-order chi connectivity index (χ1) is 19.9. The second kappa shape index (κ2) is 17.9. The second-order valence-corrected chi connectivity index (χ2v) is 18.6. The Bertz CT molecular complexity index is 992. The average Bonchev–Trinajstić information content (AvgIpc) is 2.92. The molecule has 246 valence electrons. The maximum atomic E-state index is 13.6. The number of benzene rings is 1. The molecule has 1 amide bonds. The predicted octanol–water partition coefficient (Wildman–Crippen LogP) is 6.85. The number of likely N-dealkylation sites (N-methyl/N-ethyl adjacent to an activating group) is 1. The molecule has 8 nitrogen and oxygen atoms in total. The summed E-state index contributed by atoms with van der Waals surface area (Å²) in [7, 11) is -0.807. The molecule has 0 spiro atoms. The van der Waals surface area contributed by atoms with Crippen LogP contribution < -0.4 is 0 Å². The molecule has 0 fully saturated rings. The molecule has 1 aromatic carbocycles. The number of aliphatic carboxylic acids is 1. The van der Waals surface area contributed by atoms with Gasteiger partial charge in [0.2, 0.25) is 0 Å². The number of amides is 1. The number of ether oxygens (including phenoxy) is 1. The smallest absolute Gasteiger partial charge is 0.309 e. The number of hydrogen-bond acceptors (Lipinski definition) is 6. The molecule has 0 saturated heterocycles. The molecule has 0 bridgehead atoms. The van der Waals surface area contributed by atoms with Crippen molar-refractivity contribution >= 4 is 26.2 Å². The summed E-state index contributed by atoms with van der Waals surface area (Å²) in [6.45, 7) is 17.8. The number of esters is 1. The lowest BCUT2D eigenvalue weighted by molar-refractivity contribution is -0.161. The third-order valence-corrected chi connectivity index (χ3v) is 13.4. The number of nitrogens with zero attached hydrogens (tertiary/aromatic N) is 1. The van der Waals surface area contributed by atoms with Crippen molar-refractivity contribution in [2.75, 3.05) is 7.05 Å². The lowest BCUT2D eigenvalue weighted by atomic mass is 9.96. The monoisotopic (exact) mass is 621 g/mol. The van der Waals surface area contributed by atoms with Crippen LogP contribution in [-0.2, 0) is 30.0 Å². The Hall–Kier alpha value is -2.23. The van der Waals surface area contributed by atoms with Gasteiger partial charge in [0.15, 0.2) is 8.32 Å². The van der Waals surface area contributed by atoms with Crippen molar-refractivity contribution in [3.8, 4) is 0 Å². The summed E-state index contributed by atoms with van der Waals surface area (Å²) in [5.74, 6) is -3.11. The van der Waals surface area contributed by atoms with E-state index < -0.39 is 56.4 Å². The van der Waals surface area contributed by atoms with Gasteiger partial charge in [-0.25, -0.2) is 0 Å². The molecule has 0 aliphatic heterocycles. The second-order valence-electron chi connectivity index (χ2n) is 13.9. The van der Waals surface area contributed by atoms with Crippen LogP contribution in [0.1, 0.15) is 99.0 Å². The Morgan fingerprint density at radius 1 is 0.953 bits per heavy atom. The Balaban J connectivity index is 3.44. The standard InChI is InChI=1S/C34H59NO7Si/c1-11-12-13-14-18-21-28(25(4)33(39)40)41-30(36)23-29(42-43(9,10)34(5,6)7)27(22-26-19-16-15-17-20-26)35(8)32(38)31(37)24(2)3/h15-17,19-20,24-25,27-29,31,37H,11-14,18,21-23H2,1-10H3,(H,39,40)/t25-,27-,28+,29+,31-/m0/s1. The third-order valence-electron chi connectivity index (χ3n) is 8.89. The highest BCUT2D eigenvalue weighted by molar-refractivity contribution is 6.74. The van der Waals surface area contributed by atoms with E-state index in [1.807, 2.05) is 30.3 Å². The topological polar surface area (TPSA) is 113 Å². The zero-order valence-electron chi connectivity index (χ0n) is 28.4. The van der Waals surface area contributed by atoms with Crippen LogP contribution in [0.5, 0.6) is 0 Å². The van der Waals surface area contributed by atoms with Gasteiger partial charge in [-0.2, -0.15) is 0 Å². The van der Waals surface area contributed by atoms with E-state index in [9.17, 15) is 24.6 Å². The maximum absolute atomic E-state index is 13.6. The van der Waals surface area contributed by atoms with E-state index in [-0.39, 0.29) is 17.4 Å². The van der Waals surface area contributed by atoms with Gasteiger partial charge < -0.3 is 24.3 Å². The fraction of sp³-hybridized carbons (Fsp3) is 0.735. The highest BCUT2D eigenvalue weighted by Gasteiger charge is 2.43. The van der Waals surface area contributed by atoms with Crippen LogP contribution in [-0.4, -0.2) is 72.7 Å². The molecule has 0 aliphatic rings. The quantitative estimate of drug-likeness (QED) is 0.0987. The highest BCUT2D eigenvalue weighted by atomic mass is 28.4. The molecule has 0 unspecified atom stereocenters. The summed E-state index contributed by atoms with van der Waals surface area (Å²) in [5.41, 5.74) is 0.966. The highest BCUT2D eigenvalue weighted by Crippen LogP contribution is 2.39. The van der Waals surface area contributed by atoms with Crippen molar-refractivity contribution in [1.82, 2.24) is 4.90 Å². The summed E-state index contributed by atoms with van der Waals surface area (Å²) >= 11 is 0. The van der Waals surface area contributed by atoms with Crippen molar-refractivity contribution < 1.29 is 33.8 Å². The van der Waals surface area contributed by atoms with E-state index in [1.165, 1.54) is 4.90 Å². The predicted molar refractivity (Wildman–Crippen MR) is 174 cm³/mol. The van der Waals surface area contributed by atoms with Gasteiger partial charge in [0.25, 0.3) is 5.91 Å². The first-order valence-corrected chi connectivity index (χ1v) is 18.9. The fourth-order valence-electron chi connectivity index (χ4n) is 4.74. The number of carboxylic acid groups (broad SMARTS) is 1. The molecule has 1 rings (SSSR count). The number of hydrogen-bond donors (Lipinski definition) is 2. The Morgan fingerprint density at radius 2 is 1.53 bits per heavy atom. The van der Waals surface area contributed by atoms with Crippen LogP contribution in [0.3, 0.4) is 0 Å². The van der Waals surface area contributed by atoms with Crippen LogP contribution in [0.15, 0.2) is 30.3 Å². The van der Waals surface area contributed by atoms with Crippen LogP contribution in [0.2, 0.25) is 18.1 Å². The molecular formula is C34H59NO7Si. The van der Waals surface area contributed by atoms with E-state index in [0.29, 0.717) is 12.8 Å². The van der Waals surface area contributed by atoms with Crippen LogP contribution in [0.4, 0.5) is 0 Å². The van der Waals surface area contributed by atoms with Crippen molar-refractivity contribution in [3.63, 3.8) is 0 Å². The summed E-state index contributed by atoms with van der Waals surface area (Å²) in [5, 5.41) is 20.3. The number of carboxylic acids is 1. The van der Waals surface area contributed by atoms with Gasteiger partial charge in [-0.1, -0.05) is 97.6 Å². The van der Waals surface area contributed by atoms with Crippen LogP contribution in [0.25, 0.3) is 0 Å². The molecule has 0 heterocycles. The number of aliphatic hydroxyl groups excluding tert-OH is 1. The lowest BCUT2D eigenvalue weighted by Crippen LogP contribution is -2.55.